The molecule has 2 heterocycles. The molecule has 4 aliphatic carbocycles. The van der Waals surface area contributed by atoms with Crippen LogP contribution in [0.1, 0.15) is 50.5 Å². The number of benzene rings is 1. The number of anilines is 1. The van der Waals surface area contributed by atoms with E-state index < -0.39 is 0 Å². The van der Waals surface area contributed by atoms with Crippen molar-refractivity contribution < 1.29 is 9.72 Å². The first-order valence-corrected chi connectivity index (χ1v) is 12.0. The van der Waals surface area contributed by atoms with Crippen molar-refractivity contribution in [1.29, 1.82) is 0 Å². The first-order valence-electron chi connectivity index (χ1n) is 12.0. The third-order valence-electron chi connectivity index (χ3n) is 8.06. The molecule has 3 aromatic rings. The van der Waals surface area contributed by atoms with E-state index in [2.05, 4.69) is 27.6 Å². The SMILES string of the molecule is O=C(CC12CC3CC(C1)CC(n1cc([N+](=O)[O-])cn1)(C3)C2)Nc1cnn(Cc2ccccc2)c1. The Bertz CT molecular complexity index is 1220. The van der Waals surface area contributed by atoms with Crippen LogP contribution in [-0.2, 0) is 16.9 Å². The molecule has 1 N–H and O–H groups in total. The molecule has 2 atom stereocenters. The fourth-order valence-corrected chi connectivity index (χ4v) is 7.37. The van der Waals surface area contributed by atoms with Crippen LogP contribution in [0.4, 0.5) is 11.4 Å². The van der Waals surface area contributed by atoms with Crippen molar-refractivity contribution in [2.45, 2.75) is 57.0 Å². The van der Waals surface area contributed by atoms with Crippen molar-refractivity contribution in [3.8, 4) is 0 Å². The van der Waals surface area contributed by atoms with E-state index in [4.69, 9.17) is 0 Å². The third-order valence-corrected chi connectivity index (χ3v) is 8.06. The van der Waals surface area contributed by atoms with Gasteiger partial charge in [0.25, 0.3) is 0 Å². The number of rotatable bonds is 7. The van der Waals surface area contributed by atoms with E-state index in [1.807, 2.05) is 33.8 Å². The van der Waals surface area contributed by atoms with Crippen LogP contribution in [0.2, 0.25) is 0 Å². The van der Waals surface area contributed by atoms with Gasteiger partial charge in [0.2, 0.25) is 5.91 Å². The molecular weight excluding hydrogens is 432 g/mol. The molecule has 2 unspecified atom stereocenters. The highest BCUT2D eigenvalue weighted by atomic mass is 16.6. The molecule has 176 valence electrons. The fourth-order valence-electron chi connectivity index (χ4n) is 7.37. The summed E-state index contributed by atoms with van der Waals surface area (Å²) >= 11 is 0. The lowest BCUT2D eigenvalue weighted by molar-refractivity contribution is -0.385. The second-order valence-corrected chi connectivity index (χ2v) is 10.7. The molecule has 1 aromatic carbocycles. The molecule has 0 aliphatic heterocycles. The Kier molecular flexibility index (Phi) is 4.82. The zero-order valence-electron chi connectivity index (χ0n) is 19.0. The summed E-state index contributed by atoms with van der Waals surface area (Å²) in [4.78, 5) is 24.0. The number of aromatic nitrogens is 4. The maximum atomic E-state index is 13.1. The summed E-state index contributed by atoms with van der Waals surface area (Å²) in [5.74, 6) is 1.11. The zero-order valence-corrected chi connectivity index (χ0v) is 19.0. The van der Waals surface area contributed by atoms with Gasteiger partial charge in [0, 0.05) is 12.6 Å². The van der Waals surface area contributed by atoms with Gasteiger partial charge in [-0.05, 0) is 61.3 Å². The molecule has 0 saturated heterocycles. The number of nitrogens with zero attached hydrogens (tertiary/aromatic N) is 5. The standard InChI is InChI=1S/C25H28N6O3/c32-23(28-21-12-26-29(15-21)14-18-4-2-1-3-5-18)11-24-7-19-6-20(8-24)10-25(9-19,17-24)30-16-22(13-27-30)31(33)34/h1-5,12-13,15-16,19-20H,6-11,14,17H2,(H,28,32). The average Bonchev–Trinajstić information content (AvgIpc) is 3.43. The Morgan fingerprint density at radius 2 is 1.85 bits per heavy atom. The summed E-state index contributed by atoms with van der Waals surface area (Å²) < 4.78 is 3.68. The van der Waals surface area contributed by atoms with Crippen LogP contribution in [0.5, 0.6) is 0 Å². The van der Waals surface area contributed by atoms with Crippen LogP contribution in [0.15, 0.2) is 55.1 Å². The van der Waals surface area contributed by atoms with Gasteiger partial charge < -0.3 is 5.32 Å². The Morgan fingerprint density at radius 3 is 2.56 bits per heavy atom. The molecule has 4 bridgehead atoms. The average molecular weight is 461 g/mol. The number of hydrogen-bond acceptors (Lipinski definition) is 5. The van der Waals surface area contributed by atoms with Gasteiger partial charge in [-0.2, -0.15) is 10.2 Å². The maximum absolute atomic E-state index is 13.1. The van der Waals surface area contributed by atoms with Crippen molar-refractivity contribution in [1.82, 2.24) is 19.6 Å². The molecule has 34 heavy (non-hydrogen) atoms. The van der Waals surface area contributed by atoms with Gasteiger partial charge in [-0.25, -0.2) is 0 Å². The summed E-state index contributed by atoms with van der Waals surface area (Å²) in [6, 6.07) is 10.1. The van der Waals surface area contributed by atoms with E-state index in [1.54, 1.807) is 12.4 Å². The number of carbonyl (C=O) groups is 1. The predicted molar refractivity (Wildman–Crippen MR) is 125 cm³/mol. The maximum Gasteiger partial charge on any atom is 0.307 e. The smallest absolute Gasteiger partial charge is 0.307 e. The normalized spacial score (nSPS) is 29.3. The van der Waals surface area contributed by atoms with E-state index >= 15 is 0 Å². The van der Waals surface area contributed by atoms with Crippen molar-refractivity contribution >= 4 is 17.3 Å². The van der Waals surface area contributed by atoms with Crippen LogP contribution in [0, 0.1) is 27.4 Å². The van der Waals surface area contributed by atoms with E-state index in [1.165, 1.54) is 12.6 Å². The van der Waals surface area contributed by atoms with Crippen LogP contribution >= 0.6 is 0 Å². The van der Waals surface area contributed by atoms with Gasteiger partial charge in [-0.15, -0.1) is 0 Å². The summed E-state index contributed by atoms with van der Waals surface area (Å²) in [5.41, 5.74) is 1.62. The number of nitro groups is 1. The Labute approximate surface area is 197 Å². The van der Waals surface area contributed by atoms with Crippen LogP contribution in [0.3, 0.4) is 0 Å². The topological polar surface area (TPSA) is 108 Å². The van der Waals surface area contributed by atoms with Crippen LogP contribution in [0.25, 0.3) is 0 Å². The molecule has 4 fully saturated rings. The van der Waals surface area contributed by atoms with Crippen molar-refractivity contribution in [3.63, 3.8) is 0 Å². The van der Waals surface area contributed by atoms with Crippen LogP contribution in [-0.4, -0.2) is 30.4 Å². The molecule has 4 saturated carbocycles. The monoisotopic (exact) mass is 460 g/mol. The second kappa shape index (κ2) is 7.78. The highest BCUT2D eigenvalue weighted by molar-refractivity contribution is 5.90. The van der Waals surface area contributed by atoms with E-state index in [-0.39, 0.29) is 27.5 Å². The molecule has 2 aromatic heterocycles. The van der Waals surface area contributed by atoms with Crippen molar-refractivity contribution in [2.24, 2.45) is 17.3 Å². The molecule has 9 nitrogen and oxygen atoms in total. The van der Waals surface area contributed by atoms with Gasteiger partial charge in [-0.1, -0.05) is 30.3 Å². The van der Waals surface area contributed by atoms with Gasteiger partial charge in [0.1, 0.15) is 12.4 Å². The first-order chi connectivity index (χ1) is 16.4. The predicted octanol–water partition coefficient (Wildman–Crippen LogP) is 4.36. The minimum absolute atomic E-state index is 0.0165. The summed E-state index contributed by atoms with van der Waals surface area (Å²) in [6.45, 7) is 0.655. The molecule has 0 spiro atoms. The quantitative estimate of drug-likeness (QED) is 0.416. The first kappa shape index (κ1) is 21.1. The van der Waals surface area contributed by atoms with Crippen LogP contribution < -0.4 is 5.32 Å². The number of carbonyl (C=O) groups excluding carboxylic acids is 1. The zero-order chi connectivity index (χ0) is 23.3. The lowest BCUT2D eigenvalue weighted by atomic mass is 9.46. The van der Waals surface area contributed by atoms with Crippen molar-refractivity contribution in [2.75, 3.05) is 5.32 Å². The summed E-state index contributed by atoms with van der Waals surface area (Å²) in [6.07, 6.45) is 13.1. The third kappa shape index (κ3) is 3.78. The second-order valence-electron chi connectivity index (χ2n) is 10.7. The number of hydrogen-bond donors (Lipinski definition) is 1. The molecule has 0 radical (unpaired) electrons. The molecular formula is C25H28N6O3. The summed E-state index contributed by atoms with van der Waals surface area (Å²) in [7, 11) is 0. The van der Waals surface area contributed by atoms with E-state index in [0.29, 0.717) is 30.5 Å². The number of amides is 1. The van der Waals surface area contributed by atoms with Gasteiger partial charge in [0.15, 0.2) is 0 Å². The van der Waals surface area contributed by atoms with Gasteiger partial charge in [-0.3, -0.25) is 24.3 Å². The van der Waals surface area contributed by atoms with E-state index in [0.717, 1.165) is 37.7 Å². The van der Waals surface area contributed by atoms with E-state index in [9.17, 15) is 14.9 Å². The van der Waals surface area contributed by atoms with Crippen molar-refractivity contribution in [3.05, 3.63) is 70.8 Å². The minimum Gasteiger partial charge on any atom is -0.323 e. The lowest BCUT2D eigenvalue weighted by Gasteiger charge is -2.61. The fraction of sp³-hybridized carbons (Fsp3) is 0.480. The Morgan fingerprint density at radius 1 is 1.09 bits per heavy atom. The largest absolute Gasteiger partial charge is 0.323 e. The molecule has 9 heteroatoms. The summed E-state index contributed by atoms with van der Waals surface area (Å²) in [5, 5.41) is 23.1. The Balaban J connectivity index is 1.16. The molecule has 4 aliphatic rings. The van der Waals surface area contributed by atoms with Gasteiger partial charge >= 0.3 is 5.69 Å². The molecule has 1 amide bonds. The van der Waals surface area contributed by atoms with Gasteiger partial charge in [0.05, 0.1) is 28.9 Å². The minimum atomic E-state index is -0.384. The molecule has 7 rings (SSSR count). The highest BCUT2D eigenvalue weighted by Gasteiger charge is 2.59. The Hall–Kier alpha value is -3.49. The highest BCUT2D eigenvalue weighted by Crippen LogP contribution is 2.65. The lowest BCUT2D eigenvalue weighted by Crippen LogP contribution is -2.57. The number of nitrogens with one attached hydrogen (secondary N) is 1.